The van der Waals surface area contributed by atoms with Crippen molar-refractivity contribution in [2.75, 3.05) is 26.7 Å². The van der Waals surface area contributed by atoms with Gasteiger partial charge in [0.1, 0.15) is 5.75 Å². The number of fused-ring (bicyclic) bond motifs is 3. The van der Waals surface area contributed by atoms with Gasteiger partial charge in [-0.3, -0.25) is 0 Å². The lowest BCUT2D eigenvalue weighted by atomic mass is 9.66. The fraction of sp³-hybridized carbons (Fsp3) is 0.520. The average molecular weight is 380 g/mol. The minimum atomic E-state index is -0.856. The van der Waals surface area contributed by atoms with Gasteiger partial charge in [0.2, 0.25) is 0 Å². The van der Waals surface area contributed by atoms with Gasteiger partial charge in [-0.25, -0.2) is 0 Å². The summed E-state index contributed by atoms with van der Waals surface area (Å²) in [7, 11) is 1.70. The second-order valence-corrected chi connectivity index (χ2v) is 8.97. The molecule has 28 heavy (non-hydrogen) atoms. The van der Waals surface area contributed by atoms with Crippen LogP contribution in [0.1, 0.15) is 49.3 Å². The Morgan fingerprint density at radius 3 is 2.39 bits per heavy atom. The molecule has 2 unspecified atom stereocenters. The molecule has 3 saturated heterocycles. The van der Waals surface area contributed by atoms with Crippen molar-refractivity contribution in [1.82, 2.24) is 4.90 Å². The number of ether oxygens (including phenoxy) is 1. The summed E-state index contributed by atoms with van der Waals surface area (Å²) in [5.41, 5.74) is 2.65. The standard InChI is InChI=1S/C25H33NO2/c1-18(2)20-7-9-22(10-8-20)25(27,16-19-5-4-6-23(15-19)28-3)24-17-26-13-11-21(24)12-14-26/h4-10,15,18,21,24,27H,11-14,16-17H2,1-3H3. The first-order valence-electron chi connectivity index (χ1n) is 10.7. The number of benzene rings is 2. The van der Waals surface area contributed by atoms with Gasteiger partial charge in [-0.05, 0) is 66.6 Å². The van der Waals surface area contributed by atoms with E-state index in [4.69, 9.17) is 4.74 Å². The lowest BCUT2D eigenvalue weighted by Crippen LogP contribution is -2.55. The molecular weight excluding hydrogens is 346 g/mol. The molecule has 2 atom stereocenters. The number of aliphatic hydroxyl groups is 1. The molecule has 0 amide bonds. The van der Waals surface area contributed by atoms with Crippen molar-refractivity contribution in [2.45, 2.75) is 44.6 Å². The Hall–Kier alpha value is -1.84. The van der Waals surface area contributed by atoms with Gasteiger partial charge in [-0.2, -0.15) is 0 Å². The van der Waals surface area contributed by atoms with Crippen LogP contribution in [0.25, 0.3) is 0 Å². The van der Waals surface area contributed by atoms with Gasteiger partial charge in [0, 0.05) is 18.9 Å². The van der Waals surface area contributed by atoms with Crippen molar-refractivity contribution in [2.24, 2.45) is 11.8 Å². The zero-order chi connectivity index (χ0) is 19.7. The Bertz CT molecular complexity index is 792. The molecular formula is C25H33NO2. The first kappa shape index (κ1) is 19.5. The highest BCUT2D eigenvalue weighted by Crippen LogP contribution is 2.45. The zero-order valence-electron chi connectivity index (χ0n) is 17.4. The van der Waals surface area contributed by atoms with Crippen molar-refractivity contribution in [3.63, 3.8) is 0 Å². The summed E-state index contributed by atoms with van der Waals surface area (Å²) in [6, 6.07) is 16.9. The van der Waals surface area contributed by atoms with Gasteiger partial charge in [0.15, 0.2) is 0 Å². The van der Waals surface area contributed by atoms with E-state index in [9.17, 15) is 5.11 Å². The molecule has 3 nitrogen and oxygen atoms in total. The predicted octanol–water partition coefficient (Wildman–Crippen LogP) is 4.59. The molecule has 3 heteroatoms. The molecule has 0 spiro atoms. The molecule has 0 saturated carbocycles. The predicted molar refractivity (Wildman–Crippen MR) is 114 cm³/mol. The van der Waals surface area contributed by atoms with Crippen LogP contribution >= 0.6 is 0 Å². The van der Waals surface area contributed by atoms with Crippen molar-refractivity contribution in [3.8, 4) is 5.75 Å². The van der Waals surface area contributed by atoms with E-state index in [0.29, 0.717) is 18.3 Å². The van der Waals surface area contributed by atoms with E-state index < -0.39 is 5.60 Å². The maximum atomic E-state index is 12.2. The molecule has 3 aliphatic heterocycles. The molecule has 3 fully saturated rings. The van der Waals surface area contributed by atoms with Crippen molar-refractivity contribution >= 4 is 0 Å². The Kier molecular flexibility index (Phi) is 5.48. The highest BCUT2D eigenvalue weighted by atomic mass is 16.5. The Morgan fingerprint density at radius 1 is 1.11 bits per heavy atom. The lowest BCUT2D eigenvalue weighted by molar-refractivity contribution is -0.101. The number of nitrogens with zero attached hydrogens (tertiary/aromatic N) is 1. The van der Waals surface area contributed by atoms with Crippen LogP contribution in [0.2, 0.25) is 0 Å². The van der Waals surface area contributed by atoms with E-state index in [1.54, 1.807) is 7.11 Å². The van der Waals surface area contributed by atoms with Crippen LogP contribution in [-0.2, 0) is 12.0 Å². The number of hydrogen-bond donors (Lipinski definition) is 1. The van der Waals surface area contributed by atoms with E-state index in [0.717, 1.165) is 23.4 Å². The summed E-state index contributed by atoms with van der Waals surface area (Å²) in [4.78, 5) is 2.53. The first-order chi connectivity index (χ1) is 13.5. The fourth-order valence-electron chi connectivity index (χ4n) is 5.20. The maximum Gasteiger partial charge on any atom is 0.119 e. The Morgan fingerprint density at radius 2 is 1.82 bits per heavy atom. The summed E-state index contributed by atoms with van der Waals surface area (Å²) in [5.74, 6) is 2.22. The molecule has 2 bridgehead atoms. The third kappa shape index (κ3) is 3.70. The van der Waals surface area contributed by atoms with Crippen molar-refractivity contribution in [1.29, 1.82) is 0 Å². The van der Waals surface area contributed by atoms with Crippen LogP contribution in [0.15, 0.2) is 48.5 Å². The van der Waals surface area contributed by atoms with Crippen molar-refractivity contribution in [3.05, 3.63) is 65.2 Å². The fourth-order valence-corrected chi connectivity index (χ4v) is 5.20. The molecule has 1 N–H and O–H groups in total. The normalized spacial score (nSPS) is 26.2. The van der Waals surface area contributed by atoms with E-state index >= 15 is 0 Å². The summed E-state index contributed by atoms with van der Waals surface area (Å²) in [6.45, 7) is 7.79. The minimum absolute atomic E-state index is 0.270. The third-order valence-electron chi connectivity index (χ3n) is 6.95. The molecule has 2 aromatic carbocycles. The zero-order valence-corrected chi connectivity index (χ0v) is 17.4. The quantitative estimate of drug-likeness (QED) is 0.797. The molecule has 0 aromatic heterocycles. The lowest BCUT2D eigenvalue weighted by Gasteiger charge is -2.51. The summed E-state index contributed by atoms with van der Waals surface area (Å²) >= 11 is 0. The van der Waals surface area contributed by atoms with Gasteiger partial charge in [0.25, 0.3) is 0 Å². The van der Waals surface area contributed by atoms with Gasteiger partial charge in [-0.1, -0.05) is 50.2 Å². The Balaban J connectivity index is 1.71. The minimum Gasteiger partial charge on any atom is -0.497 e. The monoisotopic (exact) mass is 379 g/mol. The van der Waals surface area contributed by atoms with Gasteiger partial charge in [-0.15, -0.1) is 0 Å². The van der Waals surface area contributed by atoms with E-state index in [1.165, 1.54) is 31.5 Å². The topological polar surface area (TPSA) is 32.7 Å². The van der Waals surface area contributed by atoms with Crippen LogP contribution < -0.4 is 4.74 Å². The second-order valence-electron chi connectivity index (χ2n) is 8.97. The smallest absolute Gasteiger partial charge is 0.119 e. The Labute approximate surface area is 169 Å². The molecule has 0 radical (unpaired) electrons. The number of piperidine rings is 3. The first-order valence-corrected chi connectivity index (χ1v) is 10.7. The van der Waals surface area contributed by atoms with Crippen molar-refractivity contribution < 1.29 is 9.84 Å². The molecule has 2 aromatic rings. The van der Waals surface area contributed by atoms with Crippen LogP contribution in [0.4, 0.5) is 0 Å². The van der Waals surface area contributed by atoms with Crippen LogP contribution in [0.3, 0.4) is 0 Å². The number of methoxy groups -OCH3 is 1. The van der Waals surface area contributed by atoms with Gasteiger partial charge >= 0.3 is 0 Å². The SMILES string of the molecule is COc1cccc(CC(O)(c2ccc(C(C)C)cc2)C2CN3CCC2CC3)c1. The highest BCUT2D eigenvalue weighted by molar-refractivity contribution is 5.35. The summed E-state index contributed by atoms with van der Waals surface area (Å²) in [6.07, 6.45) is 3.03. The third-order valence-corrected chi connectivity index (χ3v) is 6.95. The van der Waals surface area contributed by atoms with E-state index in [-0.39, 0.29) is 5.92 Å². The second kappa shape index (κ2) is 7.88. The largest absolute Gasteiger partial charge is 0.497 e. The van der Waals surface area contributed by atoms with Gasteiger partial charge in [0.05, 0.1) is 12.7 Å². The number of rotatable bonds is 6. The molecule has 5 rings (SSSR count). The van der Waals surface area contributed by atoms with E-state index in [1.807, 2.05) is 12.1 Å². The maximum absolute atomic E-state index is 12.2. The molecule has 3 heterocycles. The summed E-state index contributed by atoms with van der Waals surface area (Å²) in [5, 5.41) is 12.2. The van der Waals surface area contributed by atoms with Crippen LogP contribution in [0.5, 0.6) is 5.75 Å². The molecule has 0 aliphatic carbocycles. The molecule has 150 valence electrons. The number of hydrogen-bond acceptors (Lipinski definition) is 3. The summed E-state index contributed by atoms with van der Waals surface area (Å²) < 4.78 is 5.42. The van der Waals surface area contributed by atoms with Crippen LogP contribution in [0, 0.1) is 11.8 Å². The average Bonchev–Trinajstić information content (AvgIpc) is 2.74. The highest BCUT2D eigenvalue weighted by Gasteiger charge is 2.47. The van der Waals surface area contributed by atoms with Gasteiger partial charge < -0.3 is 14.7 Å². The molecule has 3 aliphatic rings. The van der Waals surface area contributed by atoms with E-state index in [2.05, 4.69) is 55.1 Å². The van der Waals surface area contributed by atoms with Crippen LogP contribution in [-0.4, -0.2) is 36.8 Å².